The van der Waals surface area contributed by atoms with Gasteiger partial charge in [-0.1, -0.05) is 97.1 Å². The van der Waals surface area contributed by atoms with Gasteiger partial charge < -0.3 is 9.47 Å². The van der Waals surface area contributed by atoms with Crippen molar-refractivity contribution in [2.45, 2.75) is 4.90 Å². The number of hydrogen-bond acceptors (Lipinski definition) is 3. The average molecular weight is 625 g/mol. The summed E-state index contributed by atoms with van der Waals surface area (Å²) in [6.45, 7) is 0. The zero-order chi connectivity index (χ0) is 30.6. The molecule has 0 bridgehead atoms. The fourth-order valence-corrected chi connectivity index (χ4v) is 8.31. The molecule has 0 saturated carbocycles. The van der Waals surface area contributed by atoms with E-state index in [1.807, 2.05) is 11.3 Å². The van der Waals surface area contributed by atoms with E-state index in [0.717, 1.165) is 38.8 Å². The highest BCUT2D eigenvalue weighted by atomic mass is 32.1. The minimum atomic E-state index is 0.942. The van der Waals surface area contributed by atoms with Crippen molar-refractivity contribution in [3.8, 4) is 16.8 Å². The van der Waals surface area contributed by atoms with Crippen LogP contribution in [0.3, 0.4) is 0 Å². The van der Waals surface area contributed by atoms with Gasteiger partial charge in [-0.15, -0.1) is 24.0 Å². The summed E-state index contributed by atoms with van der Waals surface area (Å²) in [6, 6.07) is 58.7. The van der Waals surface area contributed by atoms with Crippen LogP contribution in [0.4, 0.5) is 17.1 Å². The Hall–Kier alpha value is -5.29. The Morgan fingerprint density at radius 2 is 1.15 bits per heavy atom. The number of thiol groups is 1. The highest BCUT2D eigenvalue weighted by molar-refractivity contribution is 7.80. The summed E-state index contributed by atoms with van der Waals surface area (Å²) >= 11 is 6.89. The van der Waals surface area contributed by atoms with E-state index >= 15 is 0 Å². The monoisotopic (exact) mass is 624 g/mol. The van der Waals surface area contributed by atoms with E-state index < -0.39 is 0 Å². The number of anilines is 3. The molecular formula is C42H28N2S2. The normalized spacial score (nSPS) is 11.6. The van der Waals surface area contributed by atoms with Crippen LogP contribution in [-0.2, 0) is 0 Å². The van der Waals surface area contributed by atoms with Crippen molar-refractivity contribution in [2.24, 2.45) is 0 Å². The third kappa shape index (κ3) is 4.33. The molecule has 46 heavy (non-hydrogen) atoms. The first-order valence-electron chi connectivity index (χ1n) is 15.4. The van der Waals surface area contributed by atoms with Crippen molar-refractivity contribution in [3.63, 3.8) is 0 Å². The molecule has 4 heteroatoms. The lowest BCUT2D eigenvalue weighted by Gasteiger charge is -2.27. The Balaban J connectivity index is 1.32. The maximum Gasteiger partial charge on any atom is 0.0554 e. The Morgan fingerprint density at radius 1 is 0.500 bits per heavy atom. The fraction of sp³-hybridized carbons (Fsp3) is 0. The second-order valence-corrected chi connectivity index (χ2v) is 13.1. The second kappa shape index (κ2) is 11.0. The molecular weight excluding hydrogens is 597 g/mol. The summed E-state index contributed by atoms with van der Waals surface area (Å²) in [5.74, 6) is 0. The van der Waals surface area contributed by atoms with Crippen molar-refractivity contribution in [3.05, 3.63) is 164 Å². The molecule has 0 aliphatic carbocycles. The van der Waals surface area contributed by atoms with Crippen LogP contribution in [0.25, 0.3) is 58.8 Å². The SMILES string of the molecule is Sc1cc(N(c2ccc3c(c2)c2ccccc2n3-c2ccccc2)c2cccc3sc4ccccc4c23)ccc1-c1ccccc1. The van der Waals surface area contributed by atoms with Crippen LogP contribution in [0.2, 0.25) is 0 Å². The van der Waals surface area contributed by atoms with Crippen LogP contribution < -0.4 is 4.90 Å². The molecule has 0 atom stereocenters. The van der Waals surface area contributed by atoms with Gasteiger partial charge in [-0.2, -0.15) is 0 Å². The van der Waals surface area contributed by atoms with Gasteiger partial charge in [0.2, 0.25) is 0 Å². The molecule has 0 fully saturated rings. The zero-order valence-electron chi connectivity index (χ0n) is 24.8. The quantitative estimate of drug-likeness (QED) is 0.187. The molecule has 0 radical (unpaired) electrons. The standard InChI is InChI=1S/C42H28N2S2/c45-39-27-31(22-24-32(39)28-12-3-1-4-13-28)43(38-19-11-21-41-42(38)34-17-8-10-20-40(34)46-41)30-23-25-37-35(26-30)33-16-7-9-18-36(33)44(37)29-14-5-2-6-15-29/h1-27,45H. The summed E-state index contributed by atoms with van der Waals surface area (Å²) in [4.78, 5) is 3.35. The molecule has 2 nitrogen and oxygen atoms in total. The smallest absolute Gasteiger partial charge is 0.0554 e. The highest BCUT2D eigenvalue weighted by Crippen LogP contribution is 2.47. The summed E-state index contributed by atoms with van der Waals surface area (Å²) in [5, 5.41) is 4.99. The number of thiophene rings is 1. The summed E-state index contributed by atoms with van der Waals surface area (Å²) < 4.78 is 4.94. The van der Waals surface area contributed by atoms with Gasteiger partial charge in [0.1, 0.15) is 0 Å². The van der Waals surface area contributed by atoms with Crippen LogP contribution in [0.1, 0.15) is 0 Å². The van der Waals surface area contributed by atoms with Crippen molar-refractivity contribution in [2.75, 3.05) is 4.90 Å². The van der Waals surface area contributed by atoms with Crippen LogP contribution in [0.5, 0.6) is 0 Å². The third-order valence-corrected chi connectivity index (χ3v) is 10.4. The van der Waals surface area contributed by atoms with Crippen LogP contribution in [-0.4, -0.2) is 4.57 Å². The molecule has 0 aliphatic heterocycles. The Kier molecular flexibility index (Phi) is 6.44. The summed E-state index contributed by atoms with van der Waals surface area (Å²) in [5.41, 5.74) is 9.14. The minimum Gasteiger partial charge on any atom is -0.310 e. The first kappa shape index (κ1) is 27.1. The second-order valence-electron chi connectivity index (χ2n) is 11.5. The van der Waals surface area contributed by atoms with Crippen LogP contribution >= 0.6 is 24.0 Å². The maximum absolute atomic E-state index is 5.04. The molecule has 0 saturated heterocycles. The molecule has 218 valence electrons. The number of aromatic nitrogens is 1. The van der Waals surface area contributed by atoms with Gasteiger partial charge in [-0.05, 0) is 77.9 Å². The number of fused-ring (bicyclic) bond motifs is 6. The molecule has 7 aromatic carbocycles. The van der Waals surface area contributed by atoms with Gasteiger partial charge in [-0.25, -0.2) is 0 Å². The topological polar surface area (TPSA) is 8.17 Å². The van der Waals surface area contributed by atoms with E-state index in [2.05, 4.69) is 173 Å². The van der Waals surface area contributed by atoms with Crippen LogP contribution in [0, 0.1) is 0 Å². The van der Waals surface area contributed by atoms with E-state index in [4.69, 9.17) is 12.6 Å². The lowest BCUT2D eigenvalue weighted by Crippen LogP contribution is -2.10. The van der Waals surface area contributed by atoms with Gasteiger partial charge in [0.25, 0.3) is 0 Å². The molecule has 9 rings (SSSR count). The molecule has 0 spiro atoms. The third-order valence-electron chi connectivity index (χ3n) is 8.87. The van der Waals surface area contributed by atoms with Gasteiger partial charge >= 0.3 is 0 Å². The van der Waals surface area contributed by atoms with E-state index in [9.17, 15) is 0 Å². The predicted octanol–water partition coefficient (Wildman–Crippen LogP) is 12.6. The maximum atomic E-state index is 5.04. The molecule has 0 amide bonds. The lowest BCUT2D eigenvalue weighted by molar-refractivity contribution is 1.18. The van der Waals surface area contributed by atoms with E-state index in [0.29, 0.717) is 0 Å². The molecule has 0 unspecified atom stereocenters. The van der Waals surface area contributed by atoms with E-state index in [-0.39, 0.29) is 0 Å². The molecule has 0 aliphatic rings. The Morgan fingerprint density at radius 3 is 1.98 bits per heavy atom. The first-order chi connectivity index (χ1) is 22.7. The van der Waals surface area contributed by atoms with E-state index in [1.165, 1.54) is 42.0 Å². The first-order valence-corrected chi connectivity index (χ1v) is 16.7. The van der Waals surface area contributed by atoms with Gasteiger partial charge in [0.15, 0.2) is 0 Å². The van der Waals surface area contributed by atoms with Crippen molar-refractivity contribution in [1.82, 2.24) is 4.57 Å². The summed E-state index contributed by atoms with van der Waals surface area (Å²) in [6.07, 6.45) is 0. The summed E-state index contributed by atoms with van der Waals surface area (Å²) in [7, 11) is 0. The lowest BCUT2D eigenvalue weighted by atomic mass is 10.0. The van der Waals surface area contributed by atoms with Crippen LogP contribution in [0.15, 0.2) is 169 Å². The van der Waals surface area contributed by atoms with E-state index in [1.54, 1.807) is 0 Å². The number of rotatable bonds is 5. The number of hydrogen-bond donors (Lipinski definition) is 1. The van der Waals surface area contributed by atoms with Gasteiger partial charge in [0, 0.05) is 52.9 Å². The largest absolute Gasteiger partial charge is 0.310 e. The van der Waals surface area contributed by atoms with Gasteiger partial charge in [-0.3, -0.25) is 0 Å². The van der Waals surface area contributed by atoms with Crippen molar-refractivity contribution in [1.29, 1.82) is 0 Å². The highest BCUT2D eigenvalue weighted by Gasteiger charge is 2.21. The Bertz CT molecular complexity index is 2550. The molecule has 0 N–H and O–H groups in total. The zero-order valence-corrected chi connectivity index (χ0v) is 26.5. The Labute approximate surface area is 276 Å². The number of nitrogens with zero attached hydrogens (tertiary/aromatic N) is 2. The number of benzene rings is 7. The predicted molar refractivity (Wildman–Crippen MR) is 201 cm³/mol. The minimum absolute atomic E-state index is 0.942. The van der Waals surface area contributed by atoms with Crippen molar-refractivity contribution < 1.29 is 0 Å². The average Bonchev–Trinajstić information content (AvgIpc) is 3.65. The molecule has 2 heterocycles. The number of para-hydroxylation sites is 2. The molecule has 2 aromatic heterocycles. The van der Waals surface area contributed by atoms with Crippen molar-refractivity contribution >= 4 is 83.0 Å². The fourth-order valence-electron chi connectivity index (χ4n) is 6.85. The van der Waals surface area contributed by atoms with Gasteiger partial charge in [0.05, 0.1) is 16.7 Å². The molecule has 9 aromatic rings.